The first-order valence-corrected chi connectivity index (χ1v) is 6.38. The fourth-order valence-corrected chi connectivity index (χ4v) is 1.40. The van der Waals surface area contributed by atoms with Crippen LogP contribution in [0.3, 0.4) is 0 Å². The second-order valence-corrected chi connectivity index (χ2v) is 4.35. The van der Waals surface area contributed by atoms with E-state index < -0.39 is 12.6 Å². The first-order valence-electron chi connectivity index (χ1n) is 6.38. The molecular weight excluding hydrogens is 412 g/mol. The molecule has 0 aliphatic heterocycles. The minimum absolute atomic E-state index is 0. The summed E-state index contributed by atoms with van der Waals surface area (Å²) in [6.07, 6.45) is -3.53. The summed E-state index contributed by atoms with van der Waals surface area (Å²) in [5.74, 6) is 1.65. The molecule has 0 aliphatic rings. The summed E-state index contributed by atoms with van der Waals surface area (Å²) in [4.78, 5) is 4.18. The number of hydrogen-bond acceptors (Lipinski definition) is 3. The lowest BCUT2D eigenvalue weighted by molar-refractivity contribution is -0.132. The number of aromatic nitrogens is 3. The van der Waals surface area contributed by atoms with Crippen LogP contribution in [0.1, 0.15) is 18.1 Å². The molecule has 22 heavy (non-hydrogen) atoms. The number of aryl methyl sites for hydroxylation is 1. The van der Waals surface area contributed by atoms with Crippen molar-refractivity contribution in [2.75, 3.05) is 13.1 Å². The number of nitrogens with zero attached hydrogens (tertiary/aromatic N) is 4. The molecule has 1 rings (SSSR count). The minimum Gasteiger partial charge on any atom is -0.356 e. The van der Waals surface area contributed by atoms with Crippen molar-refractivity contribution in [3.8, 4) is 0 Å². The molecule has 0 unspecified atom stereocenters. The Kier molecular flexibility index (Phi) is 9.06. The van der Waals surface area contributed by atoms with Gasteiger partial charge in [0.25, 0.3) is 0 Å². The third kappa shape index (κ3) is 7.61. The number of halogens is 4. The van der Waals surface area contributed by atoms with Gasteiger partial charge in [0.2, 0.25) is 0 Å². The van der Waals surface area contributed by atoms with Crippen LogP contribution in [-0.4, -0.2) is 40.0 Å². The van der Waals surface area contributed by atoms with Crippen LogP contribution in [0.2, 0.25) is 0 Å². The maximum atomic E-state index is 12.1. The second kappa shape index (κ2) is 9.64. The molecule has 1 aromatic rings. The van der Waals surface area contributed by atoms with Crippen LogP contribution >= 0.6 is 24.0 Å². The van der Waals surface area contributed by atoms with E-state index in [1.807, 2.05) is 0 Å². The van der Waals surface area contributed by atoms with Crippen molar-refractivity contribution in [3.05, 3.63) is 24.3 Å². The normalized spacial score (nSPS) is 11.8. The fraction of sp³-hybridized carbons (Fsp3) is 0.583. The van der Waals surface area contributed by atoms with Gasteiger partial charge in [0.1, 0.15) is 12.4 Å². The molecule has 2 N–H and O–H groups in total. The molecule has 0 spiro atoms. The molecular formula is C12H20F3IN6. The zero-order valence-corrected chi connectivity index (χ0v) is 14.8. The third-order valence-electron chi connectivity index (χ3n) is 2.68. The van der Waals surface area contributed by atoms with Gasteiger partial charge in [-0.3, -0.25) is 0 Å². The largest absolute Gasteiger partial charge is 0.390 e. The van der Waals surface area contributed by atoms with Gasteiger partial charge in [-0.2, -0.15) is 13.2 Å². The highest BCUT2D eigenvalue weighted by molar-refractivity contribution is 14.0. The molecule has 0 aromatic carbocycles. The number of nitrogens with one attached hydrogen (secondary N) is 2. The Morgan fingerprint density at radius 3 is 2.55 bits per heavy atom. The number of guanidine groups is 1. The molecule has 1 heterocycles. The van der Waals surface area contributed by atoms with Crippen molar-refractivity contribution in [1.29, 1.82) is 0 Å². The van der Waals surface area contributed by atoms with E-state index in [1.165, 1.54) is 0 Å². The monoisotopic (exact) mass is 432 g/mol. The van der Waals surface area contributed by atoms with Crippen molar-refractivity contribution < 1.29 is 13.2 Å². The summed E-state index contributed by atoms with van der Waals surface area (Å²) in [7, 11) is 1.80. The Labute approximate surface area is 144 Å². The van der Waals surface area contributed by atoms with Crippen LogP contribution in [0, 0.1) is 6.92 Å². The van der Waals surface area contributed by atoms with E-state index >= 15 is 0 Å². The number of hydrogen-bond donors (Lipinski definition) is 2. The van der Waals surface area contributed by atoms with Gasteiger partial charge in [0.05, 0.1) is 6.42 Å². The maximum absolute atomic E-state index is 12.1. The molecule has 126 valence electrons. The molecule has 0 amide bonds. The maximum Gasteiger partial charge on any atom is 0.390 e. The van der Waals surface area contributed by atoms with Crippen molar-refractivity contribution in [1.82, 2.24) is 25.4 Å². The van der Waals surface area contributed by atoms with Crippen LogP contribution in [0.15, 0.2) is 17.6 Å². The van der Waals surface area contributed by atoms with Crippen molar-refractivity contribution in [2.45, 2.75) is 26.1 Å². The molecule has 0 saturated carbocycles. The van der Waals surface area contributed by atoms with Crippen LogP contribution in [0.25, 0.3) is 0 Å². The molecule has 10 heteroatoms. The molecule has 0 bridgehead atoms. The fourth-order valence-electron chi connectivity index (χ4n) is 1.40. The van der Waals surface area contributed by atoms with Crippen molar-refractivity contribution in [2.24, 2.45) is 12.0 Å². The Morgan fingerprint density at radius 2 is 2.05 bits per heavy atom. The summed E-state index contributed by atoms with van der Waals surface area (Å²) in [6.45, 7) is 5.71. The van der Waals surface area contributed by atoms with Crippen molar-refractivity contribution >= 4 is 29.9 Å². The van der Waals surface area contributed by atoms with Gasteiger partial charge < -0.3 is 15.2 Å². The predicted octanol–water partition coefficient (Wildman–Crippen LogP) is 1.92. The Morgan fingerprint density at radius 1 is 1.36 bits per heavy atom. The molecule has 0 aliphatic carbocycles. The van der Waals surface area contributed by atoms with Gasteiger partial charge in [0, 0.05) is 20.1 Å². The quantitative estimate of drug-likeness (QED) is 0.312. The van der Waals surface area contributed by atoms with Gasteiger partial charge in [-0.25, -0.2) is 4.99 Å². The smallest absolute Gasteiger partial charge is 0.356 e. The van der Waals surface area contributed by atoms with Gasteiger partial charge >= 0.3 is 6.18 Å². The van der Waals surface area contributed by atoms with Crippen LogP contribution < -0.4 is 10.6 Å². The summed E-state index contributed by atoms with van der Waals surface area (Å²) in [5.41, 5.74) is 0. The summed E-state index contributed by atoms with van der Waals surface area (Å²) in [6, 6.07) is 0. The van der Waals surface area contributed by atoms with E-state index in [0.29, 0.717) is 12.4 Å². The Bertz CT molecular complexity index is 498. The van der Waals surface area contributed by atoms with E-state index in [9.17, 15) is 13.2 Å². The van der Waals surface area contributed by atoms with Gasteiger partial charge in [-0.05, 0) is 6.92 Å². The molecule has 1 aromatic heterocycles. The van der Waals surface area contributed by atoms with Crippen LogP contribution in [0.5, 0.6) is 0 Å². The van der Waals surface area contributed by atoms with Gasteiger partial charge in [-0.15, -0.1) is 40.8 Å². The lowest BCUT2D eigenvalue weighted by Gasteiger charge is -2.12. The Balaban J connectivity index is 0.00000441. The van der Waals surface area contributed by atoms with Crippen LogP contribution in [0.4, 0.5) is 13.2 Å². The molecule has 6 nitrogen and oxygen atoms in total. The number of aliphatic imine (C=N–C) groups is 1. The molecule has 0 fully saturated rings. The average Bonchev–Trinajstić information content (AvgIpc) is 2.71. The predicted molar refractivity (Wildman–Crippen MR) is 89.2 cm³/mol. The number of alkyl halides is 3. The Hall–Kier alpha value is -1.33. The van der Waals surface area contributed by atoms with Crippen molar-refractivity contribution in [3.63, 3.8) is 0 Å². The molecule has 0 radical (unpaired) electrons. The summed E-state index contributed by atoms with van der Waals surface area (Å²) >= 11 is 0. The highest BCUT2D eigenvalue weighted by Crippen LogP contribution is 2.18. The summed E-state index contributed by atoms with van der Waals surface area (Å²) in [5, 5.41) is 13.3. The summed E-state index contributed by atoms with van der Waals surface area (Å²) < 4.78 is 38.1. The highest BCUT2D eigenvalue weighted by Gasteiger charge is 2.26. The highest BCUT2D eigenvalue weighted by atomic mass is 127. The lowest BCUT2D eigenvalue weighted by Crippen LogP contribution is -2.39. The molecule has 0 saturated heterocycles. The average molecular weight is 432 g/mol. The first-order chi connectivity index (χ1) is 9.83. The van der Waals surface area contributed by atoms with E-state index in [1.54, 1.807) is 24.6 Å². The number of rotatable bonds is 6. The second-order valence-electron chi connectivity index (χ2n) is 4.35. The zero-order valence-electron chi connectivity index (χ0n) is 12.4. The van der Waals surface area contributed by atoms with Crippen LogP contribution in [-0.2, 0) is 13.6 Å². The van der Waals surface area contributed by atoms with E-state index in [2.05, 4.69) is 32.4 Å². The third-order valence-corrected chi connectivity index (χ3v) is 2.68. The first kappa shape index (κ1) is 20.7. The van der Waals surface area contributed by atoms with E-state index in [-0.39, 0.29) is 43.0 Å². The SMILES string of the molecule is C=CCNC(=NCc1nnc(C)n1C)NCCC(F)(F)F.I. The standard InChI is InChI=1S/C12H19F3N6.HI/c1-4-6-16-11(17-7-5-12(13,14)15)18-8-10-20-19-9(2)21(10)3;/h4H,1,5-8H2,2-3H3,(H2,16,17,18);1H. The molecule has 0 atom stereocenters. The lowest BCUT2D eigenvalue weighted by atomic mass is 10.4. The van der Waals surface area contributed by atoms with E-state index in [0.717, 1.165) is 5.82 Å². The van der Waals surface area contributed by atoms with Gasteiger partial charge in [0.15, 0.2) is 11.8 Å². The zero-order chi connectivity index (χ0) is 15.9. The topological polar surface area (TPSA) is 67.1 Å². The van der Waals surface area contributed by atoms with Gasteiger partial charge in [-0.1, -0.05) is 6.08 Å². The van der Waals surface area contributed by atoms with E-state index in [4.69, 9.17) is 0 Å². The minimum atomic E-state index is -4.20.